The number of carbonyl (C=O) groups is 2. The van der Waals surface area contributed by atoms with Gasteiger partial charge in [0.15, 0.2) is 0 Å². The summed E-state index contributed by atoms with van der Waals surface area (Å²) in [4.78, 5) is 32.7. The second-order valence-corrected chi connectivity index (χ2v) is 4.88. The van der Waals surface area contributed by atoms with Crippen molar-refractivity contribution < 1.29 is 14.5 Å². The van der Waals surface area contributed by atoms with E-state index in [0.717, 1.165) is 12.1 Å². The molecule has 1 rings (SSSR count). The van der Waals surface area contributed by atoms with Crippen LogP contribution in [-0.2, 0) is 4.79 Å². The minimum Gasteiger partial charge on any atom is -0.370 e. The van der Waals surface area contributed by atoms with Crippen molar-refractivity contribution in [1.82, 2.24) is 5.32 Å². The molecule has 0 bridgehead atoms. The average molecular weight is 320 g/mol. The molecule has 20 heavy (non-hydrogen) atoms. The molecule has 0 aliphatic rings. The number of nitro groups is 1. The molecule has 1 aromatic rings. The van der Waals surface area contributed by atoms with Crippen molar-refractivity contribution >= 4 is 40.7 Å². The van der Waals surface area contributed by atoms with Crippen LogP contribution in [0.5, 0.6) is 0 Å². The van der Waals surface area contributed by atoms with Crippen LogP contribution < -0.4 is 11.1 Å². The predicted molar refractivity (Wildman–Crippen MR) is 73.9 cm³/mol. The summed E-state index contributed by atoms with van der Waals surface area (Å²) < 4.78 is 0. The molecule has 0 heterocycles. The summed E-state index contributed by atoms with van der Waals surface area (Å²) >= 11 is 11.6. The number of nitrogens with one attached hydrogen (secondary N) is 1. The molecule has 1 atom stereocenters. The first kappa shape index (κ1) is 16.2. The maximum Gasteiger partial charge on any atom is 0.271 e. The van der Waals surface area contributed by atoms with Crippen molar-refractivity contribution in [2.24, 2.45) is 5.73 Å². The first-order chi connectivity index (χ1) is 9.22. The standard InChI is InChI=1S/C11H11Cl2N3O4/c1-5(2-9(14)17)15-11(18)7-3-6(16(19)20)4-8(12)10(7)13/h3-5H,2H2,1H3,(H2,14,17)(H,15,18). The number of benzene rings is 1. The lowest BCUT2D eigenvalue weighted by Gasteiger charge is -2.13. The maximum atomic E-state index is 12.0. The van der Waals surface area contributed by atoms with E-state index >= 15 is 0 Å². The van der Waals surface area contributed by atoms with Crippen LogP contribution in [0, 0.1) is 10.1 Å². The first-order valence-corrected chi connectivity index (χ1v) is 6.20. The molecule has 0 radical (unpaired) electrons. The smallest absolute Gasteiger partial charge is 0.271 e. The van der Waals surface area contributed by atoms with Gasteiger partial charge in [0, 0.05) is 24.6 Å². The Morgan fingerprint density at radius 1 is 1.45 bits per heavy atom. The Kier molecular flexibility index (Phi) is 5.29. The van der Waals surface area contributed by atoms with Crippen molar-refractivity contribution in [3.8, 4) is 0 Å². The Balaban J connectivity index is 3.03. The third kappa shape index (κ3) is 4.07. The minimum atomic E-state index is -0.689. The lowest BCUT2D eigenvalue weighted by Crippen LogP contribution is -2.35. The molecule has 0 aromatic heterocycles. The molecule has 0 fully saturated rings. The van der Waals surface area contributed by atoms with Crippen LogP contribution in [0.3, 0.4) is 0 Å². The van der Waals surface area contributed by atoms with Crippen LogP contribution >= 0.6 is 23.2 Å². The largest absolute Gasteiger partial charge is 0.370 e. The Hall–Kier alpha value is -1.86. The van der Waals surface area contributed by atoms with E-state index in [1.54, 1.807) is 6.92 Å². The summed E-state index contributed by atoms with van der Waals surface area (Å²) in [5.74, 6) is -1.25. The summed E-state index contributed by atoms with van der Waals surface area (Å²) in [5.41, 5.74) is 4.51. The summed E-state index contributed by atoms with van der Waals surface area (Å²) in [6.45, 7) is 1.57. The van der Waals surface area contributed by atoms with Gasteiger partial charge in [-0.05, 0) is 6.92 Å². The molecular formula is C11H11Cl2N3O4. The Morgan fingerprint density at radius 2 is 2.05 bits per heavy atom. The molecule has 0 aliphatic heterocycles. The lowest BCUT2D eigenvalue weighted by atomic mass is 10.1. The number of halogens is 2. The van der Waals surface area contributed by atoms with Gasteiger partial charge in [-0.1, -0.05) is 23.2 Å². The van der Waals surface area contributed by atoms with Crippen LogP contribution in [0.2, 0.25) is 10.0 Å². The van der Waals surface area contributed by atoms with Crippen LogP contribution in [0.1, 0.15) is 23.7 Å². The molecular weight excluding hydrogens is 309 g/mol. The Labute approximate surface area is 124 Å². The SMILES string of the molecule is CC(CC(N)=O)NC(=O)c1cc([N+](=O)[O-])cc(Cl)c1Cl. The van der Waals surface area contributed by atoms with Gasteiger partial charge in [0.2, 0.25) is 5.91 Å². The van der Waals surface area contributed by atoms with Gasteiger partial charge in [0.05, 0.1) is 20.5 Å². The van der Waals surface area contributed by atoms with Crippen molar-refractivity contribution in [3.63, 3.8) is 0 Å². The molecule has 1 unspecified atom stereocenters. The molecule has 108 valence electrons. The molecule has 0 saturated heterocycles. The molecule has 0 saturated carbocycles. The zero-order valence-corrected chi connectivity index (χ0v) is 11.9. The molecule has 7 nitrogen and oxygen atoms in total. The number of rotatable bonds is 5. The van der Waals surface area contributed by atoms with Gasteiger partial charge < -0.3 is 11.1 Å². The monoisotopic (exact) mass is 319 g/mol. The van der Waals surface area contributed by atoms with Crippen molar-refractivity contribution in [1.29, 1.82) is 0 Å². The van der Waals surface area contributed by atoms with Gasteiger partial charge in [0.25, 0.3) is 11.6 Å². The molecule has 9 heteroatoms. The van der Waals surface area contributed by atoms with E-state index in [4.69, 9.17) is 28.9 Å². The fourth-order valence-corrected chi connectivity index (χ4v) is 1.91. The van der Waals surface area contributed by atoms with Crippen molar-refractivity contribution in [3.05, 3.63) is 37.9 Å². The quantitative estimate of drug-likeness (QED) is 0.636. The zero-order chi connectivity index (χ0) is 15.4. The number of carbonyl (C=O) groups excluding carboxylic acids is 2. The van der Waals surface area contributed by atoms with Crippen LogP contribution in [-0.4, -0.2) is 22.8 Å². The number of primary amides is 1. The number of hydrogen-bond donors (Lipinski definition) is 2. The highest BCUT2D eigenvalue weighted by molar-refractivity contribution is 6.44. The number of hydrogen-bond acceptors (Lipinski definition) is 4. The van der Waals surface area contributed by atoms with Gasteiger partial charge in [0.1, 0.15) is 0 Å². The van der Waals surface area contributed by atoms with Gasteiger partial charge >= 0.3 is 0 Å². The average Bonchev–Trinajstić information content (AvgIpc) is 2.30. The van der Waals surface area contributed by atoms with Crippen LogP contribution in [0.25, 0.3) is 0 Å². The second kappa shape index (κ2) is 6.53. The molecule has 1 aromatic carbocycles. The fourth-order valence-electron chi connectivity index (χ4n) is 1.50. The van der Waals surface area contributed by atoms with Crippen LogP contribution in [0.15, 0.2) is 12.1 Å². The number of non-ortho nitro benzene ring substituents is 1. The van der Waals surface area contributed by atoms with E-state index < -0.39 is 22.8 Å². The van der Waals surface area contributed by atoms with Crippen LogP contribution in [0.4, 0.5) is 5.69 Å². The normalized spacial score (nSPS) is 11.8. The molecule has 0 aliphatic carbocycles. The number of nitrogens with two attached hydrogens (primary N) is 1. The zero-order valence-electron chi connectivity index (χ0n) is 10.4. The molecule has 2 amide bonds. The highest BCUT2D eigenvalue weighted by Gasteiger charge is 2.20. The third-order valence-electron chi connectivity index (χ3n) is 2.35. The fraction of sp³-hybridized carbons (Fsp3) is 0.273. The van der Waals surface area contributed by atoms with Gasteiger partial charge in [-0.15, -0.1) is 0 Å². The minimum absolute atomic E-state index is 0.0635. The summed E-state index contributed by atoms with van der Waals surface area (Å²) in [7, 11) is 0. The van der Waals surface area contributed by atoms with Crippen molar-refractivity contribution in [2.75, 3.05) is 0 Å². The highest BCUT2D eigenvalue weighted by atomic mass is 35.5. The summed E-state index contributed by atoms with van der Waals surface area (Å²) in [5, 5.41) is 13.0. The molecule has 0 spiro atoms. The van der Waals surface area contributed by atoms with Gasteiger partial charge in [-0.3, -0.25) is 19.7 Å². The lowest BCUT2D eigenvalue weighted by molar-refractivity contribution is -0.384. The predicted octanol–water partition coefficient (Wildman–Crippen LogP) is 1.90. The van der Waals surface area contributed by atoms with E-state index in [9.17, 15) is 19.7 Å². The third-order valence-corrected chi connectivity index (χ3v) is 3.16. The highest BCUT2D eigenvalue weighted by Crippen LogP contribution is 2.30. The number of nitro benzene ring substituents is 1. The maximum absolute atomic E-state index is 12.0. The second-order valence-electron chi connectivity index (χ2n) is 4.09. The topological polar surface area (TPSA) is 115 Å². The van der Waals surface area contributed by atoms with E-state index in [-0.39, 0.29) is 27.7 Å². The number of nitrogens with zero attached hydrogens (tertiary/aromatic N) is 1. The van der Waals surface area contributed by atoms with E-state index in [1.807, 2.05) is 0 Å². The van der Waals surface area contributed by atoms with E-state index in [2.05, 4.69) is 5.32 Å². The van der Waals surface area contributed by atoms with Gasteiger partial charge in [-0.2, -0.15) is 0 Å². The Morgan fingerprint density at radius 3 is 2.55 bits per heavy atom. The summed E-state index contributed by atoms with van der Waals surface area (Å²) in [6, 6.07) is 1.53. The van der Waals surface area contributed by atoms with E-state index in [0.29, 0.717) is 0 Å². The van der Waals surface area contributed by atoms with E-state index in [1.165, 1.54) is 0 Å². The molecule has 3 N–H and O–H groups in total. The Bertz CT molecular complexity index is 577. The first-order valence-electron chi connectivity index (χ1n) is 5.45. The summed E-state index contributed by atoms with van der Waals surface area (Å²) in [6.07, 6.45) is -0.0635. The number of amides is 2. The van der Waals surface area contributed by atoms with Gasteiger partial charge in [-0.25, -0.2) is 0 Å². The van der Waals surface area contributed by atoms with Crippen molar-refractivity contribution in [2.45, 2.75) is 19.4 Å².